The smallest absolute Gasteiger partial charge is 0.183 e. The minimum Gasteiger partial charge on any atom is -0.388 e. The molecule has 0 aromatic rings. The van der Waals surface area contributed by atoms with E-state index in [1.165, 1.54) is 0 Å². The maximum Gasteiger partial charge on any atom is 0.183 e. The fourth-order valence-electron chi connectivity index (χ4n) is 0.584. The number of hydrogen-bond donors (Lipinski definition) is 3. The molecule has 3 atom stereocenters. The average molecular weight is 120 g/mol. The molecular weight excluding hydrogens is 112 g/mol. The van der Waals surface area contributed by atoms with E-state index in [1.54, 1.807) is 0 Å². The summed E-state index contributed by atoms with van der Waals surface area (Å²) >= 11 is 0. The highest BCUT2D eigenvalue weighted by molar-refractivity contribution is 4.75. The Labute approximate surface area is 46.3 Å². The molecule has 4 nitrogen and oxygen atoms in total. The minimum absolute atomic E-state index is 0.0162. The van der Waals surface area contributed by atoms with Crippen LogP contribution in [-0.2, 0) is 4.74 Å². The van der Waals surface area contributed by atoms with E-state index in [9.17, 15) is 0 Å². The van der Waals surface area contributed by atoms with Crippen LogP contribution in [0.2, 0.25) is 0 Å². The fraction of sp³-hybridized carbons (Fsp3) is 1.00. The van der Waals surface area contributed by atoms with E-state index in [1.807, 2.05) is 0 Å². The van der Waals surface area contributed by atoms with E-state index in [-0.39, 0.29) is 6.61 Å². The van der Waals surface area contributed by atoms with Crippen LogP contribution in [0.15, 0.2) is 0 Å². The summed E-state index contributed by atoms with van der Waals surface area (Å²) in [5.74, 6) is 0. The third-order valence-corrected chi connectivity index (χ3v) is 1.12. The third kappa shape index (κ3) is 0.830. The Hall–Kier alpha value is -0.160. The van der Waals surface area contributed by atoms with Gasteiger partial charge in [0.1, 0.15) is 12.2 Å². The molecule has 0 aliphatic carbocycles. The first kappa shape index (κ1) is 5.97. The van der Waals surface area contributed by atoms with E-state index in [4.69, 9.17) is 15.3 Å². The second-order valence-corrected chi connectivity index (χ2v) is 1.78. The summed E-state index contributed by atoms with van der Waals surface area (Å²) in [6.07, 6.45) is -3.26. The normalized spacial score (nSPS) is 47.6. The predicted molar refractivity (Wildman–Crippen MR) is 24.0 cm³/mol. The first-order valence-electron chi connectivity index (χ1n) is 2.37. The van der Waals surface area contributed by atoms with Crippen LogP contribution in [0.25, 0.3) is 0 Å². The monoisotopic (exact) mass is 120 g/mol. The van der Waals surface area contributed by atoms with Gasteiger partial charge in [-0.05, 0) is 0 Å². The van der Waals surface area contributed by atoms with E-state index >= 15 is 0 Å². The molecule has 48 valence electrons. The van der Waals surface area contributed by atoms with E-state index in [0.29, 0.717) is 0 Å². The number of hydrogen-bond acceptors (Lipinski definition) is 4. The van der Waals surface area contributed by atoms with Crippen LogP contribution in [0.4, 0.5) is 0 Å². The first-order chi connectivity index (χ1) is 3.72. The van der Waals surface area contributed by atoms with Crippen LogP contribution in [-0.4, -0.2) is 40.4 Å². The van der Waals surface area contributed by atoms with Gasteiger partial charge in [-0.1, -0.05) is 0 Å². The van der Waals surface area contributed by atoms with Crippen molar-refractivity contribution in [2.75, 3.05) is 6.61 Å². The number of aliphatic hydroxyl groups excluding tert-OH is 3. The van der Waals surface area contributed by atoms with Crippen molar-refractivity contribution in [2.24, 2.45) is 0 Å². The predicted octanol–water partition coefficient (Wildman–Crippen LogP) is -1.94. The molecule has 0 saturated carbocycles. The number of aliphatic hydroxyl groups is 3. The zero-order chi connectivity index (χ0) is 6.15. The van der Waals surface area contributed by atoms with Gasteiger partial charge in [0.15, 0.2) is 6.29 Å². The Bertz CT molecular complexity index is 74.1. The van der Waals surface area contributed by atoms with Crippen molar-refractivity contribution in [3.05, 3.63) is 0 Å². The minimum atomic E-state index is -1.20. The third-order valence-electron chi connectivity index (χ3n) is 1.12. The summed E-state index contributed by atoms with van der Waals surface area (Å²) in [4.78, 5) is 0. The zero-order valence-electron chi connectivity index (χ0n) is 4.19. The maximum atomic E-state index is 8.64. The van der Waals surface area contributed by atoms with Gasteiger partial charge in [-0.15, -0.1) is 0 Å². The van der Waals surface area contributed by atoms with Crippen LogP contribution in [0.1, 0.15) is 0 Å². The van der Waals surface area contributed by atoms with E-state index in [2.05, 4.69) is 4.74 Å². The van der Waals surface area contributed by atoms with Crippen LogP contribution in [0.3, 0.4) is 0 Å². The largest absolute Gasteiger partial charge is 0.388 e. The lowest BCUT2D eigenvalue weighted by atomic mass is 10.2. The average Bonchev–Trinajstić information content (AvgIpc) is 1.98. The van der Waals surface area contributed by atoms with Crippen LogP contribution < -0.4 is 0 Å². The summed E-state index contributed by atoms with van der Waals surface area (Å²) in [6, 6.07) is 0. The van der Waals surface area contributed by atoms with E-state index < -0.39 is 18.5 Å². The lowest BCUT2D eigenvalue weighted by Crippen LogP contribution is -2.29. The van der Waals surface area contributed by atoms with Gasteiger partial charge in [0, 0.05) is 0 Å². The highest BCUT2D eigenvalue weighted by Gasteiger charge is 2.32. The highest BCUT2D eigenvalue weighted by Crippen LogP contribution is 2.10. The van der Waals surface area contributed by atoms with Crippen molar-refractivity contribution in [3.63, 3.8) is 0 Å². The lowest BCUT2D eigenvalue weighted by molar-refractivity contribution is -0.111. The van der Waals surface area contributed by atoms with Gasteiger partial charge < -0.3 is 20.1 Å². The van der Waals surface area contributed by atoms with E-state index in [0.717, 1.165) is 0 Å². The quantitative estimate of drug-likeness (QED) is 0.348. The Balaban J connectivity index is 2.44. The van der Waals surface area contributed by atoms with Crippen molar-refractivity contribution in [3.8, 4) is 0 Å². The second-order valence-electron chi connectivity index (χ2n) is 1.78. The molecule has 0 amide bonds. The molecule has 1 saturated heterocycles. The fourth-order valence-corrected chi connectivity index (χ4v) is 0.584. The molecule has 0 spiro atoms. The molecular formula is C4H8O4. The van der Waals surface area contributed by atoms with Gasteiger partial charge >= 0.3 is 0 Å². The first-order valence-corrected chi connectivity index (χ1v) is 2.37. The summed E-state index contributed by atoms with van der Waals surface area (Å²) in [5, 5.41) is 25.8. The second kappa shape index (κ2) is 1.99. The van der Waals surface area contributed by atoms with Crippen molar-refractivity contribution >= 4 is 0 Å². The summed E-state index contributed by atoms with van der Waals surface area (Å²) in [5.41, 5.74) is 0. The Morgan fingerprint density at radius 3 is 2.00 bits per heavy atom. The van der Waals surface area contributed by atoms with Gasteiger partial charge in [0.2, 0.25) is 0 Å². The molecule has 0 aromatic heterocycles. The van der Waals surface area contributed by atoms with Crippen LogP contribution in [0.5, 0.6) is 0 Å². The highest BCUT2D eigenvalue weighted by atomic mass is 16.6. The SMILES string of the molecule is OC1OC[C@@H](O)C1O. The Kier molecular flexibility index (Phi) is 1.48. The summed E-state index contributed by atoms with van der Waals surface area (Å²) in [7, 11) is 0. The Morgan fingerprint density at radius 1 is 1.25 bits per heavy atom. The molecule has 2 unspecified atom stereocenters. The molecule has 4 heteroatoms. The Morgan fingerprint density at radius 2 is 1.88 bits per heavy atom. The molecule has 0 radical (unpaired) electrons. The number of ether oxygens (including phenoxy) is 1. The molecule has 0 bridgehead atoms. The molecule has 1 heterocycles. The molecule has 1 aliphatic rings. The van der Waals surface area contributed by atoms with Crippen molar-refractivity contribution in [1.82, 2.24) is 0 Å². The van der Waals surface area contributed by atoms with Gasteiger partial charge in [-0.2, -0.15) is 0 Å². The molecule has 1 fully saturated rings. The zero-order valence-corrected chi connectivity index (χ0v) is 4.19. The summed E-state index contributed by atoms with van der Waals surface area (Å²) < 4.78 is 4.43. The van der Waals surface area contributed by atoms with Gasteiger partial charge in [-0.3, -0.25) is 0 Å². The molecule has 1 aliphatic heterocycles. The van der Waals surface area contributed by atoms with Crippen LogP contribution in [0, 0.1) is 0 Å². The molecule has 8 heavy (non-hydrogen) atoms. The standard InChI is InChI=1S/C4H8O4/c5-2-1-8-4(7)3(2)6/h2-7H,1H2/t2-,3?,4?/m1/s1. The van der Waals surface area contributed by atoms with Gasteiger partial charge in [0.25, 0.3) is 0 Å². The van der Waals surface area contributed by atoms with Gasteiger partial charge in [-0.25, -0.2) is 0 Å². The maximum absolute atomic E-state index is 8.64. The van der Waals surface area contributed by atoms with Crippen molar-refractivity contribution in [1.29, 1.82) is 0 Å². The molecule has 0 aromatic carbocycles. The van der Waals surface area contributed by atoms with Crippen molar-refractivity contribution < 1.29 is 20.1 Å². The van der Waals surface area contributed by atoms with Gasteiger partial charge in [0.05, 0.1) is 6.61 Å². The molecule has 3 N–H and O–H groups in total. The van der Waals surface area contributed by atoms with Crippen LogP contribution >= 0.6 is 0 Å². The number of rotatable bonds is 0. The molecule has 1 rings (SSSR count). The van der Waals surface area contributed by atoms with Crippen molar-refractivity contribution in [2.45, 2.75) is 18.5 Å². The summed E-state index contributed by atoms with van der Waals surface area (Å²) in [6.45, 7) is 0.0162. The lowest BCUT2D eigenvalue weighted by Gasteiger charge is -2.06. The topological polar surface area (TPSA) is 69.9 Å².